The van der Waals surface area contributed by atoms with E-state index in [0.29, 0.717) is 5.01 Å². The van der Waals surface area contributed by atoms with E-state index in [1.54, 1.807) is 0 Å². The molecule has 1 aromatic heterocycles. The van der Waals surface area contributed by atoms with Gasteiger partial charge in [0.25, 0.3) is 0 Å². The summed E-state index contributed by atoms with van der Waals surface area (Å²) in [4.78, 5) is 3.79. The molecule has 0 fully saturated rings. The van der Waals surface area contributed by atoms with Crippen LogP contribution in [0.3, 0.4) is 0 Å². The minimum Gasteiger partial charge on any atom is -0.322 e. The molecule has 1 unspecified atom stereocenters. The topological polar surface area (TPSA) is 38.9 Å². The Kier molecular flexibility index (Phi) is 3.52. The van der Waals surface area contributed by atoms with Crippen LogP contribution in [0.5, 0.6) is 0 Å². The van der Waals surface area contributed by atoms with E-state index in [9.17, 15) is 13.2 Å². The van der Waals surface area contributed by atoms with Gasteiger partial charge >= 0.3 is 6.18 Å². The molecule has 0 aliphatic carbocycles. The second kappa shape index (κ2) is 4.09. The lowest BCUT2D eigenvalue weighted by atomic mass is 10.2. The molecule has 0 aliphatic rings. The number of hydrogen-bond donors (Lipinski definition) is 1. The van der Waals surface area contributed by atoms with E-state index < -0.39 is 18.6 Å². The fourth-order valence-corrected chi connectivity index (χ4v) is 2.24. The van der Waals surface area contributed by atoms with Gasteiger partial charge in [-0.15, -0.1) is 11.3 Å². The van der Waals surface area contributed by atoms with Crippen LogP contribution in [0, 0.1) is 2.88 Å². The van der Waals surface area contributed by atoms with Crippen LogP contribution in [0.2, 0.25) is 0 Å². The Bertz CT molecular complexity index is 286. The Morgan fingerprint density at radius 1 is 1.62 bits per heavy atom. The van der Waals surface area contributed by atoms with E-state index in [0.717, 1.165) is 2.88 Å². The molecule has 0 aromatic carbocycles. The van der Waals surface area contributed by atoms with E-state index in [1.165, 1.54) is 17.5 Å². The maximum Gasteiger partial charge on any atom is 0.391 e. The lowest BCUT2D eigenvalue weighted by Crippen LogP contribution is -2.19. The molecule has 2 N–H and O–H groups in total. The van der Waals surface area contributed by atoms with Gasteiger partial charge in [-0.25, -0.2) is 4.98 Å². The van der Waals surface area contributed by atoms with Gasteiger partial charge in [-0.2, -0.15) is 13.2 Å². The first-order valence-electron chi connectivity index (χ1n) is 3.32. The first kappa shape index (κ1) is 11.2. The molecule has 0 saturated heterocycles. The smallest absolute Gasteiger partial charge is 0.322 e. The Labute approximate surface area is 90.5 Å². The zero-order valence-electron chi connectivity index (χ0n) is 6.31. The summed E-state index contributed by atoms with van der Waals surface area (Å²) < 4.78 is 36.5. The fraction of sp³-hybridized carbons (Fsp3) is 0.500. The number of aromatic nitrogens is 1. The predicted molar refractivity (Wildman–Crippen MR) is 52.4 cm³/mol. The van der Waals surface area contributed by atoms with Crippen LogP contribution in [0.1, 0.15) is 17.5 Å². The SMILES string of the molecule is NC(CC(F)(F)F)c1ncc(I)s1. The second-order valence-electron chi connectivity index (χ2n) is 2.43. The minimum atomic E-state index is -4.23. The highest BCUT2D eigenvalue weighted by molar-refractivity contribution is 14.1. The van der Waals surface area contributed by atoms with Gasteiger partial charge in [0.1, 0.15) is 5.01 Å². The first-order valence-corrected chi connectivity index (χ1v) is 5.21. The lowest BCUT2D eigenvalue weighted by molar-refractivity contribution is -0.138. The van der Waals surface area contributed by atoms with Crippen molar-refractivity contribution in [2.45, 2.75) is 18.6 Å². The molecule has 7 heteroatoms. The molecule has 0 bridgehead atoms. The van der Waals surface area contributed by atoms with Crippen molar-refractivity contribution < 1.29 is 13.2 Å². The quantitative estimate of drug-likeness (QED) is 0.851. The van der Waals surface area contributed by atoms with Crippen LogP contribution in [-0.4, -0.2) is 11.2 Å². The molecule has 0 saturated carbocycles. The van der Waals surface area contributed by atoms with Gasteiger partial charge in [-0.3, -0.25) is 0 Å². The van der Waals surface area contributed by atoms with E-state index in [2.05, 4.69) is 4.98 Å². The van der Waals surface area contributed by atoms with Crippen molar-refractivity contribution in [3.05, 3.63) is 14.1 Å². The summed E-state index contributed by atoms with van der Waals surface area (Å²) in [5.41, 5.74) is 5.32. The average molecular weight is 322 g/mol. The van der Waals surface area contributed by atoms with Crippen molar-refractivity contribution in [3.63, 3.8) is 0 Å². The predicted octanol–water partition coefficient (Wildman–Crippen LogP) is 2.70. The number of alkyl halides is 3. The molecule has 0 amide bonds. The van der Waals surface area contributed by atoms with Gasteiger partial charge in [0, 0.05) is 0 Å². The van der Waals surface area contributed by atoms with Crippen LogP contribution in [0.25, 0.3) is 0 Å². The maximum absolute atomic E-state index is 11.9. The molecule has 1 atom stereocenters. The Morgan fingerprint density at radius 2 is 2.23 bits per heavy atom. The summed E-state index contributed by atoms with van der Waals surface area (Å²) >= 11 is 3.18. The largest absolute Gasteiger partial charge is 0.391 e. The minimum absolute atomic E-state index is 0.335. The van der Waals surface area contributed by atoms with Gasteiger partial charge in [0.15, 0.2) is 0 Å². The highest BCUT2D eigenvalue weighted by atomic mass is 127. The van der Waals surface area contributed by atoms with E-state index in [4.69, 9.17) is 5.73 Å². The monoisotopic (exact) mass is 322 g/mol. The van der Waals surface area contributed by atoms with Gasteiger partial charge in [-0.05, 0) is 22.6 Å². The van der Waals surface area contributed by atoms with Crippen molar-refractivity contribution >= 4 is 33.9 Å². The molecule has 0 radical (unpaired) electrons. The summed E-state index contributed by atoms with van der Waals surface area (Å²) in [5.74, 6) is 0. The Hall–Kier alpha value is 0.110. The molecule has 0 aliphatic heterocycles. The van der Waals surface area contributed by atoms with Crippen molar-refractivity contribution in [2.24, 2.45) is 5.73 Å². The molecule has 1 aromatic rings. The maximum atomic E-state index is 11.9. The molecule has 2 nitrogen and oxygen atoms in total. The summed E-state index contributed by atoms with van der Waals surface area (Å²) in [7, 11) is 0. The van der Waals surface area contributed by atoms with Crippen LogP contribution in [0.15, 0.2) is 6.20 Å². The van der Waals surface area contributed by atoms with Gasteiger partial charge < -0.3 is 5.73 Å². The number of nitrogens with zero attached hydrogens (tertiary/aromatic N) is 1. The zero-order valence-corrected chi connectivity index (χ0v) is 9.28. The molecule has 1 rings (SSSR count). The van der Waals surface area contributed by atoms with Crippen molar-refractivity contribution in [1.82, 2.24) is 4.98 Å². The van der Waals surface area contributed by atoms with Crippen LogP contribution in [-0.2, 0) is 0 Å². The normalized spacial score (nSPS) is 14.5. The molecular weight excluding hydrogens is 316 g/mol. The highest BCUT2D eigenvalue weighted by Gasteiger charge is 2.31. The van der Waals surface area contributed by atoms with Gasteiger partial charge in [0.2, 0.25) is 0 Å². The third-order valence-corrected chi connectivity index (χ3v) is 3.12. The molecule has 74 valence electrons. The Morgan fingerprint density at radius 3 is 2.62 bits per heavy atom. The molecule has 13 heavy (non-hydrogen) atoms. The second-order valence-corrected chi connectivity index (χ2v) is 5.38. The lowest BCUT2D eigenvalue weighted by Gasteiger charge is -2.10. The highest BCUT2D eigenvalue weighted by Crippen LogP contribution is 2.29. The van der Waals surface area contributed by atoms with E-state index >= 15 is 0 Å². The van der Waals surface area contributed by atoms with Crippen molar-refractivity contribution in [1.29, 1.82) is 0 Å². The van der Waals surface area contributed by atoms with E-state index in [1.807, 2.05) is 22.6 Å². The first-order chi connectivity index (χ1) is 5.88. The van der Waals surface area contributed by atoms with Crippen molar-refractivity contribution in [3.8, 4) is 0 Å². The van der Waals surface area contributed by atoms with Crippen LogP contribution in [0.4, 0.5) is 13.2 Å². The number of hydrogen-bond acceptors (Lipinski definition) is 3. The van der Waals surface area contributed by atoms with E-state index in [-0.39, 0.29) is 0 Å². The third-order valence-electron chi connectivity index (χ3n) is 1.26. The molecule has 0 spiro atoms. The number of nitrogens with two attached hydrogens (primary N) is 1. The Balaban J connectivity index is 2.64. The number of halogens is 4. The molecular formula is C6H6F3IN2S. The standard InChI is InChI=1S/C6H6F3IN2S/c7-6(8,9)1-3(11)5-12-2-4(10)13-5/h2-3H,1,11H2. The summed E-state index contributed by atoms with van der Waals surface area (Å²) in [5, 5.41) is 0.335. The zero-order chi connectivity index (χ0) is 10.1. The number of rotatable bonds is 2. The van der Waals surface area contributed by atoms with Gasteiger partial charge in [0.05, 0.1) is 21.5 Å². The third kappa shape index (κ3) is 3.77. The summed E-state index contributed by atoms with van der Waals surface area (Å²) in [6.07, 6.45) is -3.73. The van der Waals surface area contributed by atoms with Crippen LogP contribution >= 0.6 is 33.9 Å². The summed E-state index contributed by atoms with van der Waals surface area (Å²) in [6, 6.07) is -1.03. The summed E-state index contributed by atoms with van der Waals surface area (Å²) in [6.45, 7) is 0. The van der Waals surface area contributed by atoms with Crippen LogP contribution < -0.4 is 5.73 Å². The van der Waals surface area contributed by atoms with Gasteiger partial charge in [-0.1, -0.05) is 0 Å². The van der Waals surface area contributed by atoms with Crippen molar-refractivity contribution in [2.75, 3.05) is 0 Å². The molecule has 1 heterocycles. The fourth-order valence-electron chi connectivity index (χ4n) is 0.775. The average Bonchev–Trinajstić information content (AvgIpc) is 2.31. The number of thiazole rings is 1.